The van der Waals surface area contributed by atoms with Crippen molar-refractivity contribution in [3.63, 3.8) is 0 Å². The van der Waals surface area contributed by atoms with E-state index in [2.05, 4.69) is 15.5 Å². The number of nitrogens with zero attached hydrogens (tertiary/aromatic N) is 2. The molecule has 7 heteroatoms. The molecule has 0 saturated carbocycles. The van der Waals surface area contributed by atoms with Crippen LogP contribution in [0.4, 0.5) is 0 Å². The van der Waals surface area contributed by atoms with Gasteiger partial charge < -0.3 is 14.9 Å². The second-order valence-corrected chi connectivity index (χ2v) is 3.22. The minimum absolute atomic E-state index is 0.0133. The van der Waals surface area contributed by atoms with Crippen LogP contribution in [-0.2, 0) is 16.0 Å². The van der Waals surface area contributed by atoms with Crippen molar-refractivity contribution in [1.82, 2.24) is 15.5 Å². The van der Waals surface area contributed by atoms with Gasteiger partial charge in [0, 0.05) is 26.3 Å². The fourth-order valence-electron chi connectivity index (χ4n) is 1.07. The van der Waals surface area contributed by atoms with E-state index in [0.717, 1.165) is 0 Å². The van der Waals surface area contributed by atoms with Crippen LogP contribution >= 0.6 is 0 Å². The van der Waals surface area contributed by atoms with E-state index in [1.165, 1.54) is 0 Å². The van der Waals surface area contributed by atoms with Gasteiger partial charge in [-0.25, -0.2) is 0 Å². The zero-order valence-electron chi connectivity index (χ0n) is 8.89. The second-order valence-electron chi connectivity index (χ2n) is 3.22. The number of carboxylic acid groups (broad SMARTS) is 1. The maximum Gasteiger partial charge on any atom is 0.303 e. The van der Waals surface area contributed by atoms with Gasteiger partial charge in [-0.1, -0.05) is 5.16 Å². The Morgan fingerprint density at radius 3 is 2.75 bits per heavy atom. The molecule has 2 N–H and O–H groups in total. The maximum atomic E-state index is 11.1. The van der Waals surface area contributed by atoms with Gasteiger partial charge in [0.15, 0.2) is 5.82 Å². The molecule has 0 unspecified atom stereocenters. The number of hydrogen-bond acceptors (Lipinski definition) is 5. The second kappa shape index (κ2) is 5.84. The van der Waals surface area contributed by atoms with Crippen LogP contribution in [0.5, 0.6) is 0 Å². The van der Waals surface area contributed by atoms with Crippen LogP contribution in [0.3, 0.4) is 0 Å². The van der Waals surface area contributed by atoms with Gasteiger partial charge in [0.25, 0.3) is 0 Å². The Bertz CT molecular complexity index is 375. The standard InChI is InChI=1S/C9H13N3O4/c1-6-11-7(12-16-6)4-5-10-8(13)2-3-9(14)15/h2-5H2,1H3,(H,10,13)(H,14,15). The number of rotatable bonds is 6. The van der Waals surface area contributed by atoms with Crippen LogP contribution in [0.25, 0.3) is 0 Å². The summed E-state index contributed by atoms with van der Waals surface area (Å²) in [5, 5.41) is 14.6. The van der Waals surface area contributed by atoms with Gasteiger partial charge in [0.2, 0.25) is 11.8 Å². The number of hydrogen-bond donors (Lipinski definition) is 2. The minimum atomic E-state index is -0.982. The highest BCUT2D eigenvalue weighted by molar-refractivity contribution is 5.80. The highest BCUT2D eigenvalue weighted by Crippen LogP contribution is 1.95. The first-order valence-electron chi connectivity index (χ1n) is 4.85. The number of aromatic nitrogens is 2. The predicted molar refractivity (Wildman–Crippen MR) is 52.6 cm³/mol. The molecule has 0 aliphatic rings. The third-order valence-corrected chi connectivity index (χ3v) is 1.81. The molecule has 7 nitrogen and oxygen atoms in total. The van der Waals surface area contributed by atoms with Gasteiger partial charge in [-0.05, 0) is 0 Å². The average molecular weight is 227 g/mol. The molecule has 1 rings (SSSR count). The normalized spacial score (nSPS) is 10.1. The highest BCUT2D eigenvalue weighted by atomic mass is 16.5. The number of carbonyl (C=O) groups excluding carboxylic acids is 1. The van der Waals surface area contributed by atoms with E-state index in [9.17, 15) is 9.59 Å². The number of aryl methyl sites for hydroxylation is 1. The lowest BCUT2D eigenvalue weighted by Crippen LogP contribution is -2.26. The van der Waals surface area contributed by atoms with Crippen molar-refractivity contribution in [2.45, 2.75) is 26.2 Å². The molecular weight excluding hydrogens is 214 g/mol. The maximum absolute atomic E-state index is 11.1. The summed E-state index contributed by atoms with van der Waals surface area (Å²) in [6.07, 6.45) is 0.296. The van der Waals surface area contributed by atoms with Gasteiger partial charge in [-0.15, -0.1) is 0 Å². The molecule has 0 saturated heterocycles. The molecule has 0 spiro atoms. The van der Waals surface area contributed by atoms with Crippen LogP contribution < -0.4 is 5.32 Å². The molecule has 16 heavy (non-hydrogen) atoms. The third-order valence-electron chi connectivity index (χ3n) is 1.81. The molecule has 0 radical (unpaired) electrons. The van der Waals surface area contributed by atoms with E-state index in [1.807, 2.05) is 0 Å². The minimum Gasteiger partial charge on any atom is -0.481 e. The fourth-order valence-corrected chi connectivity index (χ4v) is 1.07. The Kier molecular flexibility index (Phi) is 4.43. The molecule has 1 aromatic rings. The van der Waals surface area contributed by atoms with Crippen molar-refractivity contribution in [3.05, 3.63) is 11.7 Å². The predicted octanol–water partition coefficient (Wildman–Crippen LogP) is -0.0985. The molecule has 0 aliphatic heterocycles. The Balaban J connectivity index is 2.15. The molecule has 0 aliphatic carbocycles. The van der Waals surface area contributed by atoms with Gasteiger partial charge >= 0.3 is 5.97 Å². The Morgan fingerprint density at radius 1 is 1.44 bits per heavy atom. The molecule has 0 fully saturated rings. The van der Waals surface area contributed by atoms with Crippen molar-refractivity contribution >= 4 is 11.9 Å². The van der Waals surface area contributed by atoms with Crippen LogP contribution in [0.2, 0.25) is 0 Å². The summed E-state index contributed by atoms with van der Waals surface area (Å²) in [6, 6.07) is 0. The summed E-state index contributed by atoms with van der Waals surface area (Å²) >= 11 is 0. The summed E-state index contributed by atoms with van der Waals surface area (Å²) in [6.45, 7) is 2.05. The van der Waals surface area contributed by atoms with Crippen molar-refractivity contribution in [2.24, 2.45) is 0 Å². The Morgan fingerprint density at radius 2 is 2.19 bits per heavy atom. The lowest BCUT2D eigenvalue weighted by atomic mass is 10.3. The number of aliphatic carboxylic acids is 1. The summed E-state index contributed by atoms with van der Waals surface area (Å²) in [5.41, 5.74) is 0. The van der Waals surface area contributed by atoms with E-state index in [0.29, 0.717) is 24.7 Å². The number of amides is 1. The van der Waals surface area contributed by atoms with E-state index < -0.39 is 5.97 Å². The first-order valence-corrected chi connectivity index (χ1v) is 4.85. The topological polar surface area (TPSA) is 105 Å². The van der Waals surface area contributed by atoms with E-state index in [1.54, 1.807) is 6.92 Å². The van der Waals surface area contributed by atoms with E-state index >= 15 is 0 Å². The molecule has 1 aromatic heterocycles. The summed E-state index contributed by atoms with van der Waals surface area (Å²) < 4.78 is 4.75. The first-order chi connectivity index (χ1) is 7.58. The van der Waals surface area contributed by atoms with Gasteiger partial charge in [0.1, 0.15) is 0 Å². The van der Waals surface area contributed by atoms with Gasteiger partial charge in [-0.2, -0.15) is 4.98 Å². The third kappa shape index (κ3) is 4.54. The van der Waals surface area contributed by atoms with Crippen LogP contribution in [-0.4, -0.2) is 33.7 Å². The largest absolute Gasteiger partial charge is 0.481 e. The SMILES string of the molecule is Cc1nc(CCNC(=O)CCC(=O)O)no1. The van der Waals surface area contributed by atoms with E-state index in [4.69, 9.17) is 9.63 Å². The van der Waals surface area contributed by atoms with Gasteiger partial charge in [0.05, 0.1) is 6.42 Å². The summed E-state index contributed by atoms with van der Waals surface area (Å²) in [4.78, 5) is 25.3. The molecule has 1 amide bonds. The Hall–Kier alpha value is -1.92. The zero-order valence-corrected chi connectivity index (χ0v) is 8.89. The number of carbonyl (C=O) groups is 2. The zero-order chi connectivity index (χ0) is 12.0. The van der Waals surface area contributed by atoms with Crippen molar-refractivity contribution in [1.29, 1.82) is 0 Å². The molecule has 88 valence electrons. The quantitative estimate of drug-likeness (QED) is 0.703. The monoisotopic (exact) mass is 227 g/mol. The van der Waals surface area contributed by atoms with Crippen LogP contribution in [0.1, 0.15) is 24.6 Å². The molecule has 0 aromatic carbocycles. The van der Waals surface area contributed by atoms with Crippen molar-refractivity contribution in [3.8, 4) is 0 Å². The molecular formula is C9H13N3O4. The lowest BCUT2D eigenvalue weighted by molar-refractivity contribution is -0.138. The Labute approximate surface area is 91.8 Å². The summed E-state index contributed by atoms with van der Waals surface area (Å²) in [5.74, 6) is -0.269. The van der Waals surface area contributed by atoms with Crippen LogP contribution in [0.15, 0.2) is 4.52 Å². The van der Waals surface area contributed by atoms with Crippen LogP contribution in [0, 0.1) is 6.92 Å². The van der Waals surface area contributed by atoms with Crippen molar-refractivity contribution < 1.29 is 19.2 Å². The fraction of sp³-hybridized carbons (Fsp3) is 0.556. The average Bonchev–Trinajstić information content (AvgIpc) is 2.61. The lowest BCUT2D eigenvalue weighted by Gasteiger charge is -2.01. The molecule has 0 bridgehead atoms. The number of carboxylic acids is 1. The van der Waals surface area contributed by atoms with E-state index in [-0.39, 0.29) is 18.7 Å². The smallest absolute Gasteiger partial charge is 0.303 e. The summed E-state index contributed by atoms with van der Waals surface area (Å²) in [7, 11) is 0. The first kappa shape index (κ1) is 12.2. The van der Waals surface area contributed by atoms with Gasteiger partial charge in [-0.3, -0.25) is 9.59 Å². The highest BCUT2D eigenvalue weighted by Gasteiger charge is 2.06. The van der Waals surface area contributed by atoms with Crippen molar-refractivity contribution in [2.75, 3.05) is 6.54 Å². The number of nitrogens with one attached hydrogen (secondary N) is 1. The molecule has 1 heterocycles. The molecule has 0 atom stereocenters.